The molecule has 160 valence electrons. The quantitative estimate of drug-likeness (QED) is 0.508. The van der Waals surface area contributed by atoms with Crippen LogP contribution in [0, 0.1) is 5.92 Å². The van der Waals surface area contributed by atoms with Gasteiger partial charge in [-0.25, -0.2) is 0 Å². The minimum Gasteiger partial charge on any atom is -0.507 e. The van der Waals surface area contributed by atoms with Crippen LogP contribution in [0.25, 0.3) is 0 Å². The van der Waals surface area contributed by atoms with Crippen molar-refractivity contribution in [2.24, 2.45) is 11.7 Å². The molecular weight excluding hydrogens is 392 g/mol. The van der Waals surface area contributed by atoms with Crippen molar-refractivity contribution in [2.45, 2.75) is 80.9 Å². The summed E-state index contributed by atoms with van der Waals surface area (Å²) in [4.78, 5) is 12.1. The number of halogens is 1. The summed E-state index contributed by atoms with van der Waals surface area (Å²) >= 11 is 0. The number of hydrogen-bond acceptors (Lipinski definition) is 5. The monoisotopic (exact) mass is 422 g/mol. The molecule has 6 nitrogen and oxygen atoms in total. The van der Waals surface area contributed by atoms with E-state index in [1.807, 2.05) is 0 Å². The van der Waals surface area contributed by atoms with E-state index in [4.69, 9.17) is 5.73 Å². The highest BCUT2D eigenvalue weighted by atomic mass is 35.5. The highest BCUT2D eigenvalue weighted by Gasteiger charge is 2.64. The number of primary amides is 1. The van der Waals surface area contributed by atoms with Crippen molar-refractivity contribution in [1.82, 2.24) is 5.32 Å². The molecule has 2 bridgehead atoms. The molecular formula is C22H31ClN2O4. The number of fused-ring (bicyclic) bond motifs is 1. The van der Waals surface area contributed by atoms with Gasteiger partial charge in [0, 0.05) is 17.0 Å². The molecule has 4 atom stereocenters. The number of carbonyl (C=O) groups is 1. The molecule has 3 fully saturated rings. The van der Waals surface area contributed by atoms with Gasteiger partial charge in [-0.2, -0.15) is 0 Å². The van der Waals surface area contributed by atoms with Crippen LogP contribution in [0.15, 0.2) is 6.07 Å². The maximum atomic E-state index is 12.1. The van der Waals surface area contributed by atoms with Gasteiger partial charge in [0.25, 0.3) is 5.91 Å². The van der Waals surface area contributed by atoms with Crippen LogP contribution in [0.2, 0.25) is 0 Å². The molecule has 0 spiro atoms. The maximum Gasteiger partial charge on any atom is 0.252 e. The fourth-order valence-corrected chi connectivity index (χ4v) is 6.54. The highest BCUT2D eigenvalue weighted by molar-refractivity contribution is 5.96. The SMILES string of the molecule is Cl.NC(=O)c1cc(CC2CCC2)c2c(c1O)[C@]13CCN[C@H](C2)[C@]1(O)CC[C@@H](O)C3. The first-order valence-electron chi connectivity index (χ1n) is 10.7. The Hall–Kier alpha value is -1.34. The number of benzene rings is 1. The number of carbonyl (C=O) groups excluding carboxylic acids is 1. The minimum absolute atomic E-state index is 0. The van der Waals surface area contributed by atoms with Gasteiger partial charge >= 0.3 is 0 Å². The van der Waals surface area contributed by atoms with Crippen molar-refractivity contribution < 1.29 is 20.1 Å². The second-order valence-electron chi connectivity index (χ2n) is 9.51. The molecule has 3 aliphatic carbocycles. The lowest BCUT2D eigenvalue weighted by Crippen LogP contribution is -2.73. The molecule has 4 aliphatic rings. The van der Waals surface area contributed by atoms with Crippen LogP contribution >= 0.6 is 12.4 Å². The molecule has 1 amide bonds. The number of nitrogens with two attached hydrogens (primary N) is 1. The van der Waals surface area contributed by atoms with Crippen LogP contribution in [-0.4, -0.2) is 45.5 Å². The van der Waals surface area contributed by atoms with Gasteiger partial charge in [0.2, 0.25) is 0 Å². The molecule has 29 heavy (non-hydrogen) atoms. The first kappa shape index (κ1) is 20.9. The lowest BCUT2D eigenvalue weighted by molar-refractivity contribution is -0.146. The van der Waals surface area contributed by atoms with Crippen molar-refractivity contribution >= 4 is 18.3 Å². The molecule has 1 aliphatic heterocycles. The predicted octanol–water partition coefficient (Wildman–Crippen LogP) is 1.69. The topological polar surface area (TPSA) is 116 Å². The second-order valence-corrected chi connectivity index (χ2v) is 9.51. The van der Waals surface area contributed by atoms with Crippen LogP contribution in [0.4, 0.5) is 0 Å². The molecule has 5 rings (SSSR count). The van der Waals surface area contributed by atoms with Crippen LogP contribution in [0.5, 0.6) is 5.75 Å². The lowest BCUT2D eigenvalue weighted by Gasteiger charge is -2.62. The lowest BCUT2D eigenvalue weighted by atomic mass is 9.49. The third kappa shape index (κ3) is 2.83. The van der Waals surface area contributed by atoms with Crippen LogP contribution in [0.3, 0.4) is 0 Å². The van der Waals surface area contributed by atoms with E-state index < -0.39 is 23.0 Å². The Morgan fingerprint density at radius 2 is 2.03 bits per heavy atom. The third-order valence-corrected chi connectivity index (χ3v) is 8.18. The molecule has 0 aromatic heterocycles. The van der Waals surface area contributed by atoms with Crippen molar-refractivity contribution in [3.63, 3.8) is 0 Å². The average molecular weight is 423 g/mol. The summed E-state index contributed by atoms with van der Waals surface area (Å²) in [6, 6.07) is 1.69. The summed E-state index contributed by atoms with van der Waals surface area (Å²) in [5.41, 5.74) is 6.85. The second kappa shape index (κ2) is 7.12. The number of aromatic hydroxyl groups is 1. The first-order valence-corrected chi connectivity index (χ1v) is 10.7. The maximum absolute atomic E-state index is 12.1. The smallest absolute Gasteiger partial charge is 0.252 e. The van der Waals surface area contributed by atoms with E-state index in [0.717, 1.165) is 24.1 Å². The van der Waals surface area contributed by atoms with Crippen molar-refractivity contribution in [1.29, 1.82) is 0 Å². The van der Waals surface area contributed by atoms with E-state index in [9.17, 15) is 20.1 Å². The van der Waals surface area contributed by atoms with Gasteiger partial charge in [0.05, 0.1) is 17.3 Å². The Morgan fingerprint density at radius 1 is 1.28 bits per heavy atom. The van der Waals surface area contributed by atoms with E-state index in [2.05, 4.69) is 5.32 Å². The van der Waals surface area contributed by atoms with E-state index in [1.54, 1.807) is 6.07 Å². The number of hydrogen-bond donors (Lipinski definition) is 5. The first-order chi connectivity index (χ1) is 13.4. The number of phenols is 1. The Morgan fingerprint density at radius 3 is 2.69 bits per heavy atom. The number of rotatable bonds is 3. The minimum atomic E-state index is -1.03. The van der Waals surface area contributed by atoms with Gasteiger partial charge in [0.15, 0.2) is 0 Å². The van der Waals surface area contributed by atoms with Crippen molar-refractivity contribution in [3.8, 4) is 5.75 Å². The number of amides is 1. The fraction of sp³-hybridized carbons (Fsp3) is 0.682. The Kier molecular flexibility index (Phi) is 5.13. The van der Waals surface area contributed by atoms with Gasteiger partial charge in [0.1, 0.15) is 5.75 Å². The van der Waals surface area contributed by atoms with E-state index in [1.165, 1.54) is 19.3 Å². The Balaban J connectivity index is 0.00000205. The van der Waals surface area contributed by atoms with Gasteiger partial charge in [-0.3, -0.25) is 4.79 Å². The number of nitrogens with one attached hydrogen (secondary N) is 1. The van der Waals surface area contributed by atoms with E-state index in [0.29, 0.717) is 43.6 Å². The largest absolute Gasteiger partial charge is 0.507 e. The molecule has 1 heterocycles. The molecule has 1 saturated heterocycles. The molecule has 2 saturated carbocycles. The summed E-state index contributed by atoms with van der Waals surface area (Å²) in [5.74, 6) is -0.104. The third-order valence-electron chi connectivity index (χ3n) is 8.18. The normalized spacial score (nSPS) is 35.7. The predicted molar refractivity (Wildman–Crippen MR) is 112 cm³/mol. The van der Waals surface area contributed by atoms with Gasteiger partial charge in [-0.15, -0.1) is 12.4 Å². The van der Waals surface area contributed by atoms with E-state index in [-0.39, 0.29) is 29.8 Å². The molecule has 0 unspecified atom stereocenters. The molecule has 1 aromatic carbocycles. The molecule has 7 heteroatoms. The van der Waals surface area contributed by atoms with Gasteiger partial charge in [-0.1, -0.05) is 19.3 Å². The zero-order valence-electron chi connectivity index (χ0n) is 16.6. The van der Waals surface area contributed by atoms with Crippen LogP contribution < -0.4 is 11.1 Å². The van der Waals surface area contributed by atoms with Crippen molar-refractivity contribution in [2.75, 3.05) is 6.54 Å². The summed E-state index contributed by atoms with van der Waals surface area (Å²) in [5, 5.41) is 37.0. The van der Waals surface area contributed by atoms with E-state index >= 15 is 0 Å². The zero-order valence-corrected chi connectivity index (χ0v) is 17.4. The highest BCUT2D eigenvalue weighted by Crippen LogP contribution is 2.59. The van der Waals surface area contributed by atoms with Crippen molar-refractivity contribution in [3.05, 3.63) is 28.3 Å². The number of piperidine rings is 1. The van der Waals surface area contributed by atoms with Crippen LogP contribution in [-0.2, 0) is 18.3 Å². The number of aliphatic hydroxyl groups is 2. The fourth-order valence-electron chi connectivity index (χ4n) is 6.54. The molecule has 6 N–H and O–H groups in total. The summed E-state index contributed by atoms with van der Waals surface area (Å²) in [6.07, 6.45) is 6.71. The standard InChI is InChI=1S/C22H30N2O4.ClH/c23-20(27)16-9-13(8-12-2-1-3-12)15-10-17-22(28)5-4-14(25)11-21(22,6-7-24-17)18(15)19(16)26;/h9,12,14,17,24-26,28H,1-8,10-11H2,(H2,23,27);1H/t14-,17-,21-,22-;/m1./s1. The molecule has 0 radical (unpaired) electrons. The van der Waals surface area contributed by atoms with Gasteiger partial charge < -0.3 is 26.4 Å². The summed E-state index contributed by atoms with van der Waals surface area (Å²) < 4.78 is 0. The average Bonchev–Trinajstić information content (AvgIpc) is 2.59. The summed E-state index contributed by atoms with van der Waals surface area (Å²) in [6.45, 7) is 0.720. The Labute approximate surface area is 177 Å². The zero-order chi connectivity index (χ0) is 19.7. The van der Waals surface area contributed by atoms with Crippen LogP contribution in [0.1, 0.15) is 72.0 Å². The Bertz CT molecular complexity index is 843. The summed E-state index contributed by atoms with van der Waals surface area (Å²) in [7, 11) is 0. The van der Waals surface area contributed by atoms with Gasteiger partial charge in [-0.05, 0) is 68.2 Å². The number of aliphatic hydroxyl groups excluding tert-OH is 1. The molecule has 1 aromatic rings.